The Morgan fingerprint density at radius 1 is 1.12 bits per heavy atom. The van der Waals surface area contributed by atoms with E-state index in [9.17, 15) is 29.1 Å². The largest absolute Gasteiger partial charge is 0.481 e. The number of ketones is 1. The number of Topliss-reactive ketones (excluding diaryl/α,β-unsaturated/α-hetero) is 1. The highest BCUT2D eigenvalue weighted by atomic mass is 16.6. The van der Waals surface area contributed by atoms with E-state index in [4.69, 9.17) is 9.84 Å². The summed E-state index contributed by atoms with van der Waals surface area (Å²) in [6, 6.07) is 7.22. The number of carboxylic acids is 2. The lowest BCUT2D eigenvalue weighted by molar-refractivity contribution is -0.152. The van der Waals surface area contributed by atoms with Crippen LogP contribution in [0.2, 0.25) is 0 Å². The molecule has 2 amide bonds. The van der Waals surface area contributed by atoms with E-state index in [0.29, 0.717) is 19.3 Å². The molecule has 0 aromatic heterocycles. The first-order chi connectivity index (χ1) is 15.2. The van der Waals surface area contributed by atoms with Crippen molar-refractivity contribution in [1.29, 1.82) is 0 Å². The van der Waals surface area contributed by atoms with E-state index < -0.39 is 47.7 Å². The lowest BCUT2D eigenvalue weighted by Gasteiger charge is -2.36. The Morgan fingerprint density at radius 2 is 1.81 bits per heavy atom. The maximum absolute atomic E-state index is 13.2. The molecule has 2 fully saturated rings. The number of hydrazine groups is 1. The second-order valence-electron chi connectivity index (χ2n) is 7.89. The van der Waals surface area contributed by atoms with E-state index in [1.54, 1.807) is 24.3 Å². The van der Waals surface area contributed by atoms with Crippen molar-refractivity contribution >= 4 is 29.7 Å². The molecule has 1 aliphatic carbocycles. The summed E-state index contributed by atoms with van der Waals surface area (Å²) in [6.07, 6.45) is -0.0677. The number of benzene rings is 1. The van der Waals surface area contributed by atoms with Crippen LogP contribution in [0, 0.1) is 5.92 Å². The Hall–Kier alpha value is -3.47. The highest BCUT2D eigenvalue weighted by Crippen LogP contribution is 2.40. The number of nitrogens with one attached hydrogen (secondary N) is 2. The molecule has 1 heterocycles. The van der Waals surface area contributed by atoms with Gasteiger partial charge in [-0.05, 0) is 31.2 Å². The van der Waals surface area contributed by atoms with Gasteiger partial charge in [0.1, 0.15) is 12.6 Å². The number of hydrogen-bond donors (Lipinski definition) is 4. The zero-order chi connectivity index (χ0) is 23.3. The summed E-state index contributed by atoms with van der Waals surface area (Å²) in [5.74, 6) is -4.67. The highest BCUT2D eigenvalue weighted by Gasteiger charge is 2.58. The Morgan fingerprint density at radius 3 is 2.41 bits per heavy atom. The second-order valence-corrected chi connectivity index (χ2v) is 7.89. The van der Waals surface area contributed by atoms with Gasteiger partial charge in [-0.1, -0.05) is 30.3 Å². The van der Waals surface area contributed by atoms with Crippen molar-refractivity contribution in [3.8, 4) is 0 Å². The third-order valence-electron chi connectivity index (χ3n) is 5.53. The molecule has 1 aromatic rings. The maximum atomic E-state index is 13.2. The first-order valence-corrected chi connectivity index (χ1v) is 10.3. The molecule has 4 N–H and O–H groups in total. The first-order valence-electron chi connectivity index (χ1n) is 10.3. The van der Waals surface area contributed by atoms with E-state index in [0.717, 1.165) is 5.56 Å². The number of amides is 2. The van der Waals surface area contributed by atoms with Crippen LogP contribution < -0.4 is 10.7 Å². The molecule has 0 unspecified atom stereocenters. The standard InChI is InChI=1S/C21H25N3O8/c25-16(26)11-15(18(28)29)22-19(30)21(17(27)14-7-8-14)9-4-10-24(21)23-20(31)32-12-13-5-2-1-3-6-13/h1-3,5-6,14-15H,4,7-12H2,(H,22,30)(H,23,31)(H,25,26)(H,28,29)/t15-,21+/m0/s1. The number of carbonyl (C=O) groups excluding carboxylic acids is 3. The average Bonchev–Trinajstić information content (AvgIpc) is 3.52. The molecule has 0 radical (unpaired) electrons. The van der Waals surface area contributed by atoms with Crippen LogP contribution in [0.5, 0.6) is 0 Å². The minimum Gasteiger partial charge on any atom is -0.481 e. The zero-order valence-corrected chi connectivity index (χ0v) is 17.3. The van der Waals surface area contributed by atoms with Crippen molar-refractivity contribution in [1.82, 2.24) is 15.8 Å². The van der Waals surface area contributed by atoms with E-state index in [2.05, 4.69) is 10.7 Å². The average molecular weight is 447 g/mol. The fourth-order valence-corrected chi connectivity index (χ4v) is 3.78. The van der Waals surface area contributed by atoms with Gasteiger partial charge >= 0.3 is 18.0 Å². The Bertz CT molecular complexity index is 902. The monoisotopic (exact) mass is 447 g/mol. The molecular weight excluding hydrogens is 422 g/mol. The molecular formula is C21H25N3O8. The molecule has 32 heavy (non-hydrogen) atoms. The van der Waals surface area contributed by atoms with Crippen molar-refractivity contribution in [2.75, 3.05) is 6.54 Å². The topological polar surface area (TPSA) is 162 Å². The van der Waals surface area contributed by atoms with Crippen molar-refractivity contribution < 1.29 is 38.9 Å². The van der Waals surface area contributed by atoms with Gasteiger partial charge in [-0.15, -0.1) is 0 Å². The molecule has 2 atom stereocenters. The van der Waals surface area contributed by atoms with Crippen molar-refractivity contribution in [3.05, 3.63) is 35.9 Å². The molecule has 0 spiro atoms. The van der Waals surface area contributed by atoms with Crippen LogP contribution in [-0.2, 0) is 30.5 Å². The predicted octanol–water partition coefficient (Wildman–Crippen LogP) is 0.686. The third kappa shape index (κ3) is 5.22. The van der Waals surface area contributed by atoms with Gasteiger partial charge in [0.05, 0.1) is 6.42 Å². The van der Waals surface area contributed by atoms with Gasteiger partial charge in [0, 0.05) is 12.5 Å². The summed E-state index contributed by atoms with van der Waals surface area (Å²) < 4.78 is 5.18. The fraction of sp³-hybridized carbons (Fsp3) is 0.476. The molecule has 1 saturated heterocycles. The molecule has 172 valence electrons. The fourth-order valence-electron chi connectivity index (χ4n) is 3.78. The summed E-state index contributed by atoms with van der Waals surface area (Å²) in [4.78, 5) is 61.1. The number of carboxylic acid groups (broad SMARTS) is 2. The first kappa shape index (κ1) is 23.2. The van der Waals surface area contributed by atoms with Crippen LogP contribution in [-0.4, -0.2) is 63.1 Å². The summed E-state index contributed by atoms with van der Waals surface area (Å²) in [5.41, 5.74) is 1.38. The van der Waals surface area contributed by atoms with Crippen molar-refractivity contribution in [2.24, 2.45) is 5.92 Å². The van der Waals surface area contributed by atoms with E-state index >= 15 is 0 Å². The maximum Gasteiger partial charge on any atom is 0.422 e. The second kappa shape index (κ2) is 9.77. The lowest BCUT2D eigenvalue weighted by atomic mass is 9.87. The summed E-state index contributed by atoms with van der Waals surface area (Å²) in [5, 5.41) is 21.6. The molecule has 11 nitrogen and oxygen atoms in total. The van der Waals surface area contributed by atoms with E-state index in [1.165, 1.54) is 5.01 Å². The van der Waals surface area contributed by atoms with Gasteiger partial charge in [-0.2, -0.15) is 5.01 Å². The SMILES string of the molecule is O=C(O)C[C@H](NC(=O)[C@]1(C(=O)C2CC2)CCCN1NC(=O)OCc1ccccc1)C(=O)O. The molecule has 1 aromatic carbocycles. The van der Waals surface area contributed by atoms with Crippen LogP contribution in [0.25, 0.3) is 0 Å². The summed E-state index contributed by atoms with van der Waals surface area (Å²) in [6.45, 7) is 0.152. The minimum absolute atomic E-state index is 0.0179. The van der Waals surface area contributed by atoms with Gasteiger partial charge in [-0.3, -0.25) is 19.8 Å². The van der Waals surface area contributed by atoms with Gasteiger partial charge in [0.25, 0.3) is 5.91 Å². The zero-order valence-electron chi connectivity index (χ0n) is 17.3. The quantitative estimate of drug-likeness (QED) is 0.378. The third-order valence-corrected chi connectivity index (χ3v) is 5.53. The van der Waals surface area contributed by atoms with Crippen molar-refractivity contribution in [2.45, 2.75) is 50.3 Å². The van der Waals surface area contributed by atoms with Gasteiger partial charge in [-0.25, -0.2) is 9.59 Å². The van der Waals surface area contributed by atoms with Crippen LogP contribution >= 0.6 is 0 Å². The lowest BCUT2D eigenvalue weighted by Crippen LogP contribution is -2.67. The van der Waals surface area contributed by atoms with E-state index in [-0.39, 0.29) is 25.5 Å². The van der Waals surface area contributed by atoms with E-state index in [1.807, 2.05) is 6.07 Å². The molecule has 3 rings (SSSR count). The molecule has 11 heteroatoms. The van der Waals surface area contributed by atoms with Crippen LogP contribution in [0.15, 0.2) is 30.3 Å². The highest BCUT2D eigenvalue weighted by molar-refractivity contribution is 6.13. The van der Waals surface area contributed by atoms with Crippen LogP contribution in [0.4, 0.5) is 4.79 Å². The summed E-state index contributed by atoms with van der Waals surface area (Å²) in [7, 11) is 0. The Kier molecular flexibility index (Phi) is 7.08. The number of rotatable bonds is 10. The van der Waals surface area contributed by atoms with Crippen LogP contribution in [0.3, 0.4) is 0 Å². The molecule has 1 aliphatic heterocycles. The van der Waals surface area contributed by atoms with Gasteiger partial charge < -0.3 is 20.3 Å². The number of carbonyl (C=O) groups is 5. The predicted molar refractivity (Wildman–Crippen MR) is 108 cm³/mol. The Labute approximate surface area is 183 Å². The molecule has 0 bridgehead atoms. The number of ether oxygens (including phenoxy) is 1. The normalized spacial score (nSPS) is 21.4. The summed E-state index contributed by atoms with van der Waals surface area (Å²) >= 11 is 0. The van der Waals surface area contributed by atoms with Gasteiger partial charge in [0.15, 0.2) is 11.3 Å². The Balaban J connectivity index is 1.75. The number of aliphatic carboxylic acids is 2. The van der Waals surface area contributed by atoms with Crippen molar-refractivity contribution in [3.63, 3.8) is 0 Å². The molecule has 2 aliphatic rings. The smallest absolute Gasteiger partial charge is 0.422 e. The minimum atomic E-state index is -1.82. The number of nitrogens with zero attached hydrogens (tertiary/aromatic N) is 1. The number of hydrogen-bond acceptors (Lipinski definition) is 7. The van der Waals surface area contributed by atoms with Gasteiger partial charge in [0.2, 0.25) is 0 Å². The van der Waals surface area contributed by atoms with Crippen LogP contribution in [0.1, 0.15) is 37.7 Å². The molecule has 1 saturated carbocycles.